The van der Waals surface area contributed by atoms with Gasteiger partial charge in [0.1, 0.15) is 11.6 Å². The van der Waals surface area contributed by atoms with Crippen LogP contribution in [0.1, 0.15) is 24.2 Å². The number of hydrogen-bond acceptors (Lipinski definition) is 4. The molecular weight excluding hydrogens is 316 g/mol. The van der Waals surface area contributed by atoms with E-state index in [0.29, 0.717) is 12.6 Å². The molecule has 1 fully saturated rings. The third kappa shape index (κ3) is 3.30. The lowest BCUT2D eigenvalue weighted by Gasteiger charge is -2.21. The highest BCUT2D eigenvalue weighted by molar-refractivity contribution is 5.80. The highest BCUT2D eigenvalue weighted by Gasteiger charge is 2.30. The Morgan fingerprint density at radius 2 is 2.16 bits per heavy atom. The minimum absolute atomic E-state index is 0.0359. The molecule has 1 N–H and O–H groups in total. The summed E-state index contributed by atoms with van der Waals surface area (Å²) in [7, 11) is 3.63. The topological polar surface area (TPSA) is 63.1 Å². The van der Waals surface area contributed by atoms with E-state index in [1.807, 2.05) is 48.3 Å². The number of nitrogens with zero attached hydrogens (tertiary/aromatic N) is 3. The smallest absolute Gasteiger partial charge is 0.252 e. The van der Waals surface area contributed by atoms with Crippen LogP contribution in [-0.2, 0) is 20.1 Å². The van der Waals surface area contributed by atoms with Gasteiger partial charge in [-0.25, -0.2) is 4.98 Å². The van der Waals surface area contributed by atoms with Gasteiger partial charge < -0.3 is 14.3 Å². The molecule has 1 aliphatic carbocycles. The second kappa shape index (κ2) is 6.37. The first kappa shape index (κ1) is 15.9. The highest BCUT2D eigenvalue weighted by atomic mass is 16.5. The van der Waals surface area contributed by atoms with Crippen LogP contribution in [0.15, 0.2) is 41.5 Å². The van der Waals surface area contributed by atoms with E-state index >= 15 is 0 Å². The van der Waals surface area contributed by atoms with E-state index in [4.69, 9.17) is 4.74 Å². The second-order valence-corrected chi connectivity index (χ2v) is 6.67. The van der Waals surface area contributed by atoms with Gasteiger partial charge in [-0.1, -0.05) is 0 Å². The Labute approximate surface area is 146 Å². The molecule has 4 rings (SSSR count). The van der Waals surface area contributed by atoms with Crippen molar-refractivity contribution in [2.75, 3.05) is 7.11 Å². The number of fused-ring (bicyclic) bond motifs is 1. The number of hydrogen-bond donors (Lipinski definition) is 1. The van der Waals surface area contributed by atoms with E-state index in [2.05, 4.69) is 14.9 Å². The van der Waals surface area contributed by atoms with Crippen molar-refractivity contribution in [1.29, 1.82) is 0 Å². The summed E-state index contributed by atoms with van der Waals surface area (Å²) in [5.41, 5.74) is 1.56. The van der Waals surface area contributed by atoms with Crippen molar-refractivity contribution in [1.82, 2.24) is 19.4 Å². The lowest BCUT2D eigenvalue weighted by molar-refractivity contribution is 0.236. The normalized spacial score (nSPS) is 14.4. The predicted octanol–water partition coefficient (Wildman–Crippen LogP) is 2.43. The molecule has 1 aliphatic rings. The molecule has 0 spiro atoms. The number of methoxy groups -OCH3 is 1. The molecule has 0 atom stereocenters. The van der Waals surface area contributed by atoms with Crippen LogP contribution in [0.3, 0.4) is 0 Å². The first-order valence-corrected chi connectivity index (χ1v) is 8.54. The van der Waals surface area contributed by atoms with Gasteiger partial charge in [-0.2, -0.15) is 0 Å². The monoisotopic (exact) mass is 338 g/mol. The quantitative estimate of drug-likeness (QED) is 0.750. The van der Waals surface area contributed by atoms with Crippen LogP contribution < -0.4 is 10.3 Å². The Hall–Kier alpha value is -2.60. The molecule has 0 bridgehead atoms. The fourth-order valence-corrected chi connectivity index (χ4v) is 3.17. The molecule has 0 radical (unpaired) electrons. The summed E-state index contributed by atoms with van der Waals surface area (Å²) >= 11 is 0. The maximum atomic E-state index is 12.5. The average Bonchev–Trinajstić information content (AvgIpc) is 3.38. The molecule has 25 heavy (non-hydrogen) atoms. The van der Waals surface area contributed by atoms with Gasteiger partial charge >= 0.3 is 0 Å². The molecule has 130 valence electrons. The summed E-state index contributed by atoms with van der Waals surface area (Å²) < 4.78 is 7.26. The minimum Gasteiger partial charge on any atom is -0.497 e. The van der Waals surface area contributed by atoms with Crippen molar-refractivity contribution in [2.45, 2.75) is 32.0 Å². The van der Waals surface area contributed by atoms with Gasteiger partial charge in [0.05, 0.1) is 19.2 Å². The molecule has 2 aromatic heterocycles. The van der Waals surface area contributed by atoms with E-state index in [-0.39, 0.29) is 5.56 Å². The maximum absolute atomic E-state index is 12.5. The maximum Gasteiger partial charge on any atom is 0.252 e. The van der Waals surface area contributed by atoms with Crippen LogP contribution in [0.25, 0.3) is 10.9 Å². The zero-order valence-electron chi connectivity index (χ0n) is 14.5. The van der Waals surface area contributed by atoms with Crippen molar-refractivity contribution < 1.29 is 4.74 Å². The highest BCUT2D eigenvalue weighted by Crippen LogP contribution is 2.29. The summed E-state index contributed by atoms with van der Waals surface area (Å²) in [6, 6.07) is 8.28. The fourth-order valence-electron chi connectivity index (χ4n) is 3.17. The van der Waals surface area contributed by atoms with Gasteiger partial charge in [0.2, 0.25) is 0 Å². The minimum atomic E-state index is -0.0359. The number of H-pyrrole nitrogens is 1. The lowest BCUT2D eigenvalue weighted by atomic mass is 10.1. The van der Waals surface area contributed by atoms with Crippen LogP contribution in [0.4, 0.5) is 0 Å². The number of pyridine rings is 1. The number of ether oxygens (including phenoxy) is 1. The SMILES string of the molecule is COc1ccc2cc(CN(Cc3nccn3C)C3CC3)c(=O)[nH]c2c1. The Morgan fingerprint density at radius 3 is 2.84 bits per heavy atom. The number of aromatic amines is 1. The van der Waals surface area contributed by atoms with E-state index in [1.165, 1.54) is 12.8 Å². The largest absolute Gasteiger partial charge is 0.497 e. The number of benzene rings is 1. The average molecular weight is 338 g/mol. The van der Waals surface area contributed by atoms with Crippen LogP contribution in [0, 0.1) is 0 Å². The Bertz CT molecular complexity index is 955. The third-order valence-electron chi connectivity index (χ3n) is 4.83. The Kier molecular flexibility index (Phi) is 4.05. The molecule has 0 unspecified atom stereocenters. The molecular formula is C19H22N4O2. The van der Waals surface area contributed by atoms with Gasteiger partial charge in [0, 0.05) is 43.7 Å². The van der Waals surface area contributed by atoms with Crippen LogP contribution in [0.5, 0.6) is 5.75 Å². The van der Waals surface area contributed by atoms with Crippen LogP contribution >= 0.6 is 0 Å². The number of aryl methyl sites for hydroxylation is 1. The zero-order chi connectivity index (χ0) is 17.4. The summed E-state index contributed by atoms with van der Waals surface area (Å²) in [5, 5.41) is 1.02. The summed E-state index contributed by atoms with van der Waals surface area (Å²) in [5.74, 6) is 1.76. The fraction of sp³-hybridized carbons (Fsp3) is 0.368. The lowest BCUT2D eigenvalue weighted by Crippen LogP contribution is -2.29. The number of nitrogens with one attached hydrogen (secondary N) is 1. The number of aromatic nitrogens is 3. The molecule has 2 heterocycles. The molecule has 1 saturated carbocycles. The van der Waals surface area contributed by atoms with Crippen molar-refractivity contribution in [3.8, 4) is 5.75 Å². The van der Waals surface area contributed by atoms with E-state index in [1.54, 1.807) is 7.11 Å². The van der Waals surface area contributed by atoms with Gasteiger partial charge in [0.15, 0.2) is 0 Å². The van der Waals surface area contributed by atoms with Crippen LogP contribution in [-0.4, -0.2) is 32.6 Å². The van der Waals surface area contributed by atoms with Gasteiger partial charge in [-0.05, 0) is 36.4 Å². The number of rotatable bonds is 6. The summed E-state index contributed by atoms with van der Waals surface area (Å²) in [6.45, 7) is 1.39. The Balaban J connectivity index is 1.62. The molecule has 0 amide bonds. The van der Waals surface area contributed by atoms with Gasteiger partial charge in [-0.15, -0.1) is 0 Å². The second-order valence-electron chi connectivity index (χ2n) is 6.67. The van der Waals surface area contributed by atoms with Gasteiger partial charge in [-0.3, -0.25) is 9.69 Å². The first-order chi connectivity index (χ1) is 12.1. The molecule has 6 nitrogen and oxygen atoms in total. The van der Waals surface area contributed by atoms with Crippen LogP contribution in [0.2, 0.25) is 0 Å². The van der Waals surface area contributed by atoms with Crippen molar-refractivity contribution in [3.63, 3.8) is 0 Å². The molecule has 3 aromatic rings. The Morgan fingerprint density at radius 1 is 1.32 bits per heavy atom. The summed E-state index contributed by atoms with van der Waals surface area (Å²) in [4.78, 5) is 22.3. The number of imidazole rings is 1. The van der Waals surface area contributed by atoms with Crippen molar-refractivity contribution in [2.24, 2.45) is 7.05 Å². The third-order valence-corrected chi connectivity index (χ3v) is 4.83. The molecule has 0 aliphatic heterocycles. The van der Waals surface area contributed by atoms with Gasteiger partial charge in [0.25, 0.3) is 5.56 Å². The zero-order valence-corrected chi connectivity index (χ0v) is 14.5. The standard InChI is InChI=1S/C19H22N4O2/c1-22-8-7-20-18(22)12-23(15-4-5-15)11-14-9-13-3-6-16(25-2)10-17(13)21-19(14)24/h3,6-10,15H,4-5,11-12H2,1-2H3,(H,21,24). The molecule has 6 heteroatoms. The van der Waals surface area contributed by atoms with E-state index < -0.39 is 0 Å². The molecule has 1 aromatic carbocycles. The van der Waals surface area contributed by atoms with Crippen molar-refractivity contribution in [3.05, 3.63) is 58.4 Å². The first-order valence-electron chi connectivity index (χ1n) is 8.54. The van der Waals surface area contributed by atoms with E-state index in [9.17, 15) is 4.79 Å². The predicted molar refractivity (Wildman–Crippen MR) is 96.6 cm³/mol. The summed E-state index contributed by atoms with van der Waals surface area (Å²) in [6.07, 6.45) is 6.15. The van der Waals surface area contributed by atoms with E-state index in [0.717, 1.165) is 34.6 Å². The van der Waals surface area contributed by atoms with Crippen molar-refractivity contribution >= 4 is 10.9 Å². The molecule has 0 saturated heterocycles.